The third-order valence-corrected chi connectivity index (χ3v) is 3.22. The van der Waals surface area contributed by atoms with Crippen molar-refractivity contribution < 1.29 is 19.5 Å². The van der Waals surface area contributed by atoms with Crippen molar-refractivity contribution in [3.63, 3.8) is 0 Å². The van der Waals surface area contributed by atoms with Crippen LogP contribution < -0.4 is 5.73 Å². The lowest BCUT2D eigenvalue weighted by Crippen LogP contribution is -2.47. The molecule has 0 aromatic heterocycles. The Morgan fingerprint density at radius 2 is 2.05 bits per heavy atom. The minimum atomic E-state index is -0.847. The van der Waals surface area contributed by atoms with Gasteiger partial charge in [0.25, 0.3) is 0 Å². The minimum Gasteiger partial charge on any atom is -0.481 e. The van der Waals surface area contributed by atoms with Crippen LogP contribution in [0.1, 0.15) is 26.7 Å². The topological polar surface area (TPSA) is 104 Å². The van der Waals surface area contributed by atoms with Gasteiger partial charge in [-0.3, -0.25) is 9.59 Å². The van der Waals surface area contributed by atoms with E-state index in [1.807, 2.05) is 13.8 Å². The molecule has 1 aliphatic rings. The van der Waals surface area contributed by atoms with E-state index in [-0.39, 0.29) is 30.8 Å². The number of likely N-dealkylation sites (tertiary alicyclic amines) is 1. The second-order valence-electron chi connectivity index (χ2n) is 5.72. The van der Waals surface area contributed by atoms with Crippen LogP contribution in [0.4, 0.5) is 4.79 Å². The van der Waals surface area contributed by atoms with Gasteiger partial charge < -0.3 is 20.6 Å². The van der Waals surface area contributed by atoms with Gasteiger partial charge >= 0.3 is 12.0 Å². The molecule has 20 heavy (non-hydrogen) atoms. The number of carbonyl (C=O) groups is 3. The van der Waals surface area contributed by atoms with Crippen LogP contribution in [0.5, 0.6) is 0 Å². The largest absolute Gasteiger partial charge is 0.481 e. The smallest absolute Gasteiger partial charge is 0.320 e. The van der Waals surface area contributed by atoms with Crippen LogP contribution in [0, 0.1) is 11.8 Å². The number of urea groups is 1. The Labute approximate surface area is 118 Å². The molecule has 1 atom stereocenters. The first-order valence-corrected chi connectivity index (χ1v) is 6.83. The zero-order chi connectivity index (χ0) is 15.3. The van der Waals surface area contributed by atoms with Crippen LogP contribution in [0.15, 0.2) is 0 Å². The molecule has 3 N–H and O–H groups in total. The summed E-state index contributed by atoms with van der Waals surface area (Å²) in [5.74, 6) is -1.16. The molecule has 1 aliphatic heterocycles. The van der Waals surface area contributed by atoms with E-state index in [9.17, 15) is 14.4 Å². The molecule has 1 rings (SSSR count). The first kappa shape index (κ1) is 16.3. The average Bonchev–Trinajstić information content (AvgIpc) is 2.73. The quantitative estimate of drug-likeness (QED) is 0.734. The first-order valence-electron chi connectivity index (χ1n) is 6.83. The summed E-state index contributed by atoms with van der Waals surface area (Å²) in [6, 6.07) is -0.231. The van der Waals surface area contributed by atoms with Gasteiger partial charge in [0, 0.05) is 26.1 Å². The third-order valence-electron chi connectivity index (χ3n) is 3.22. The van der Waals surface area contributed by atoms with E-state index in [1.54, 1.807) is 4.90 Å². The van der Waals surface area contributed by atoms with E-state index in [1.165, 1.54) is 4.90 Å². The number of nitrogens with two attached hydrogens (primary N) is 1. The molecule has 0 radical (unpaired) electrons. The van der Waals surface area contributed by atoms with Crippen LogP contribution >= 0.6 is 0 Å². The van der Waals surface area contributed by atoms with Gasteiger partial charge in [-0.1, -0.05) is 13.8 Å². The van der Waals surface area contributed by atoms with Crippen molar-refractivity contribution in [1.29, 1.82) is 0 Å². The van der Waals surface area contributed by atoms with E-state index in [4.69, 9.17) is 10.8 Å². The van der Waals surface area contributed by atoms with Crippen LogP contribution in [0.2, 0.25) is 0 Å². The zero-order valence-corrected chi connectivity index (χ0v) is 12.0. The number of carbonyl (C=O) groups excluding carboxylic acids is 2. The van der Waals surface area contributed by atoms with Gasteiger partial charge in [0.1, 0.15) is 6.54 Å². The predicted octanol–water partition coefficient (Wildman–Crippen LogP) is 0.346. The molecule has 0 spiro atoms. The van der Waals surface area contributed by atoms with Gasteiger partial charge in [-0.05, 0) is 18.3 Å². The van der Waals surface area contributed by atoms with Gasteiger partial charge in [0.05, 0.1) is 0 Å². The van der Waals surface area contributed by atoms with E-state index in [0.29, 0.717) is 26.1 Å². The molecule has 1 saturated heterocycles. The van der Waals surface area contributed by atoms with Crippen molar-refractivity contribution in [2.75, 3.05) is 26.2 Å². The normalized spacial score (nSPS) is 18.4. The monoisotopic (exact) mass is 285 g/mol. The van der Waals surface area contributed by atoms with Crippen molar-refractivity contribution in [1.82, 2.24) is 9.80 Å². The Balaban J connectivity index is 2.61. The van der Waals surface area contributed by atoms with Crippen molar-refractivity contribution >= 4 is 17.9 Å². The molecule has 0 aliphatic carbocycles. The Morgan fingerprint density at radius 3 is 2.55 bits per heavy atom. The Kier molecular flexibility index (Phi) is 5.79. The average molecular weight is 285 g/mol. The highest BCUT2D eigenvalue weighted by atomic mass is 16.4. The maximum Gasteiger partial charge on any atom is 0.320 e. The lowest BCUT2D eigenvalue weighted by atomic mass is 10.1. The molecular weight excluding hydrogens is 262 g/mol. The molecule has 0 saturated carbocycles. The van der Waals surface area contributed by atoms with Crippen molar-refractivity contribution in [3.8, 4) is 0 Å². The third kappa shape index (κ3) is 5.07. The zero-order valence-electron chi connectivity index (χ0n) is 12.0. The number of rotatable bonds is 6. The Bertz CT molecular complexity index is 384. The molecule has 3 amide bonds. The summed E-state index contributed by atoms with van der Waals surface area (Å²) in [6.07, 6.45) is 0.758. The van der Waals surface area contributed by atoms with Crippen molar-refractivity contribution in [2.24, 2.45) is 17.6 Å². The number of hydrogen-bond donors (Lipinski definition) is 2. The molecule has 0 bridgehead atoms. The lowest BCUT2D eigenvalue weighted by molar-refractivity contribution is -0.138. The number of aliphatic carboxylic acids is 1. The molecule has 1 fully saturated rings. The fraction of sp³-hybridized carbons (Fsp3) is 0.769. The number of carboxylic acid groups (broad SMARTS) is 1. The molecular formula is C13H23N3O4. The SMILES string of the molecule is CC(C)CN(CC(N)=O)C(=O)N1CCC(CC(=O)O)C1. The molecule has 0 aromatic rings. The number of carboxylic acids is 1. The van der Waals surface area contributed by atoms with Crippen LogP contribution in [0.3, 0.4) is 0 Å². The van der Waals surface area contributed by atoms with Gasteiger partial charge in [-0.2, -0.15) is 0 Å². The molecule has 1 heterocycles. The fourth-order valence-electron chi connectivity index (χ4n) is 2.46. The summed E-state index contributed by atoms with van der Waals surface area (Å²) in [5.41, 5.74) is 5.17. The second kappa shape index (κ2) is 7.12. The van der Waals surface area contributed by atoms with Crippen LogP contribution in [0.25, 0.3) is 0 Å². The molecule has 7 nitrogen and oxygen atoms in total. The van der Waals surface area contributed by atoms with Gasteiger partial charge in [0.15, 0.2) is 0 Å². The second-order valence-corrected chi connectivity index (χ2v) is 5.72. The molecule has 114 valence electrons. The van der Waals surface area contributed by atoms with Gasteiger partial charge in [0.2, 0.25) is 5.91 Å². The van der Waals surface area contributed by atoms with Crippen LogP contribution in [-0.4, -0.2) is 59.0 Å². The number of primary amides is 1. The summed E-state index contributed by atoms with van der Waals surface area (Å²) >= 11 is 0. The van der Waals surface area contributed by atoms with Gasteiger partial charge in [-0.15, -0.1) is 0 Å². The fourth-order valence-corrected chi connectivity index (χ4v) is 2.46. The number of amides is 3. The molecule has 0 aromatic carbocycles. The summed E-state index contributed by atoms with van der Waals surface area (Å²) in [6.45, 7) is 5.23. The highest BCUT2D eigenvalue weighted by Gasteiger charge is 2.31. The van der Waals surface area contributed by atoms with E-state index < -0.39 is 11.9 Å². The summed E-state index contributed by atoms with van der Waals surface area (Å²) in [4.78, 5) is 37.1. The van der Waals surface area contributed by atoms with Crippen LogP contribution in [-0.2, 0) is 9.59 Å². The molecule has 7 heteroatoms. The van der Waals surface area contributed by atoms with Crippen molar-refractivity contribution in [2.45, 2.75) is 26.7 Å². The summed E-state index contributed by atoms with van der Waals surface area (Å²) in [7, 11) is 0. The summed E-state index contributed by atoms with van der Waals surface area (Å²) < 4.78 is 0. The van der Waals surface area contributed by atoms with E-state index in [2.05, 4.69) is 0 Å². The lowest BCUT2D eigenvalue weighted by Gasteiger charge is -2.28. The standard InChI is InChI=1S/C13H23N3O4/c1-9(2)6-16(8-11(14)17)13(20)15-4-3-10(7-15)5-12(18)19/h9-10H,3-8H2,1-2H3,(H2,14,17)(H,18,19). The van der Waals surface area contributed by atoms with Gasteiger partial charge in [-0.25, -0.2) is 4.79 Å². The maximum atomic E-state index is 12.3. The first-order chi connectivity index (χ1) is 9.29. The minimum absolute atomic E-state index is 0.00840. The summed E-state index contributed by atoms with van der Waals surface area (Å²) in [5, 5.41) is 8.77. The highest BCUT2D eigenvalue weighted by Crippen LogP contribution is 2.21. The highest BCUT2D eigenvalue weighted by molar-refractivity contribution is 5.83. The Hall–Kier alpha value is -1.79. The van der Waals surface area contributed by atoms with E-state index >= 15 is 0 Å². The Morgan fingerprint density at radius 1 is 1.40 bits per heavy atom. The predicted molar refractivity (Wildman–Crippen MR) is 72.9 cm³/mol. The maximum absolute atomic E-state index is 12.3. The van der Waals surface area contributed by atoms with Crippen molar-refractivity contribution in [3.05, 3.63) is 0 Å². The molecule has 1 unspecified atom stereocenters. The number of hydrogen-bond acceptors (Lipinski definition) is 3. The van der Waals surface area contributed by atoms with E-state index in [0.717, 1.165) is 0 Å². The number of nitrogens with zero attached hydrogens (tertiary/aromatic N) is 2.